The molecule has 0 spiro atoms. The van der Waals surface area contributed by atoms with Gasteiger partial charge in [0.15, 0.2) is 11.5 Å². The Kier molecular flexibility index (Phi) is 6.37. The highest BCUT2D eigenvalue weighted by Crippen LogP contribution is 2.28. The van der Waals surface area contributed by atoms with Crippen LogP contribution in [0.2, 0.25) is 0 Å². The molecule has 0 radical (unpaired) electrons. The quantitative estimate of drug-likeness (QED) is 0.166. The number of piperazine rings is 1. The first-order valence-corrected chi connectivity index (χ1v) is 8.22. The SMILES string of the molecule is CCN1CCN(C(=O)NC(C(=O)NNC=O)c2ccc(O)c(O)c2)C(=O)C1=O. The summed E-state index contributed by atoms with van der Waals surface area (Å²) in [6, 6.07) is 0.927. The first-order chi connectivity index (χ1) is 13.3. The van der Waals surface area contributed by atoms with Crippen LogP contribution in [0.25, 0.3) is 0 Å². The summed E-state index contributed by atoms with van der Waals surface area (Å²) < 4.78 is 0. The van der Waals surface area contributed by atoms with Gasteiger partial charge >= 0.3 is 17.8 Å². The highest BCUT2D eigenvalue weighted by Gasteiger charge is 2.37. The highest BCUT2D eigenvalue weighted by atomic mass is 16.3. The number of aromatic hydroxyl groups is 2. The molecule has 2 rings (SSSR count). The molecule has 0 aromatic heterocycles. The van der Waals surface area contributed by atoms with Crippen molar-refractivity contribution in [3.8, 4) is 11.5 Å². The fraction of sp³-hybridized carbons (Fsp3) is 0.312. The summed E-state index contributed by atoms with van der Waals surface area (Å²) in [5.74, 6) is -3.76. The molecular weight excluding hydrogens is 374 g/mol. The van der Waals surface area contributed by atoms with E-state index in [-0.39, 0.29) is 25.1 Å². The Bertz CT molecular complexity index is 813. The number of phenolic OH excluding ortho intramolecular Hbond substituents is 2. The molecule has 0 bridgehead atoms. The maximum atomic E-state index is 12.5. The number of phenols is 2. The number of hydrazine groups is 1. The third-order valence-corrected chi connectivity index (χ3v) is 4.05. The number of imide groups is 1. The molecule has 12 heteroatoms. The van der Waals surface area contributed by atoms with E-state index in [1.54, 1.807) is 6.92 Å². The molecule has 1 heterocycles. The van der Waals surface area contributed by atoms with Crippen molar-refractivity contribution < 1.29 is 34.2 Å². The number of carbonyl (C=O) groups excluding carboxylic acids is 5. The molecule has 6 amide bonds. The number of hydrogen-bond acceptors (Lipinski definition) is 7. The zero-order chi connectivity index (χ0) is 20.8. The third kappa shape index (κ3) is 4.28. The topological polar surface area (TPSA) is 168 Å². The highest BCUT2D eigenvalue weighted by molar-refractivity contribution is 6.38. The lowest BCUT2D eigenvalue weighted by atomic mass is 10.1. The van der Waals surface area contributed by atoms with Gasteiger partial charge in [-0.05, 0) is 24.6 Å². The molecule has 1 atom stereocenters. The Balaban J connectivity index is 2.24. The van der Waals surface area contributed by atoms with Crippen molar-refractivity contribution in [2.24, 2.45) is 0 Å². The molecule has 1 fully saturated rings. The molecule has 0 aliphatic carbocycles. The molecule has 1 aliphatic heterocycles. The molecular formula is C16H19N5O7. The second-order valence-electron chi connectivity index (χ2n) is 5.72. The van der Waals surface area contributed by atoms with Crippen molar-refractivity contribution in [3.05, 3.63) is 23.8 Å². The summed E-state index contributed by atoms with van der Waals surface area (Å²) in [7, 11) is 0. The lowest BCUT2D eigenvalue weighted by molar-refractivity contribution is -0.153. The van der Waals surface area contributed by atoms with E-state index in [4.69, 9.17) is 0 Å². The molecule has 1 aromatic rings. The number of rotatable bonds is 6. The van der Waals surface area contributed by atoms with E-state index in [0.717, 1.165) is 12.1 Å². The predicted molar refractivity (Wildman–Crippen MR) is 92.4 cm³/mol. The smallest absolute Gasteiger partial charge is 0.325 e. The van der Waals surface area contributed by atoms with Crippen LogP contribution in [0.15, 0.2) is 18.2 Å². The van der Waals surface area contributed by atoms with Gasteiger partial charge in [-0.15, -0.1) is 0 Å². The van der Waals surface area contributed by atoms with Crippen LogP contribution in [-0.4, -0.2) is 69.8 Å². The lowest BCUT2D eigenvalue weighted by Crippen LogP contribution is -2.59. The molecule has 5 N–H and O–H groups in total. The Morgan fingerprint density at radius 3 is 2.50 bits per heavy atom. The first-order valence-electron chi connectivity index (χ1n) is 8.22. The molecule has 1 saturated heterocycles. The molecule has 1 aliphatic rings. The summed E-state index contributed by atoms with van der Waals surface area (Å²) in [6.07, 6.45) is 0.192. The van der Waals surface area contributed by atoms with Gasteiger partial charge in [-0.2, -0.15) is 0 Å². The fourth-order valence-electron chi connectivity index (χ4n) is 2.56. The molecule has 0 saturated carbocycles. The van der Waals surface area contributed by atoms with E-state index in [2.05, 4.69) is 5.32 Å². The van der Waals surface area contributed by atoms with Crippen molar-refractivity contribution in [2.75, 3.05) is 19.6 Å². The van der Waals surface area contributed by atoms with Crippen LogP contribution in [0, 0.1) is 0 Å². The first kappa shape index (κ1) is 20.5. The predicted octanol–water partition coefficient (Wildman–Crippen LogP) is -1.68. The molecule has 150 valence electrons. The zero-order valence-electron chi connectivity index (χ0n) is 14.8. The number of amides is 6. The molecule has 12 nitrogen and oxygen atoms in total. The third-order valence-electron chi connectivity index (χ3n) is 4.05. The van der Waals surface area contributed by atoms with E-state index < -0.39 is 41.3 Å². The lowest BCUT2D eigenvalue weighted by Gasteiger charge is -2.32. The van der Waals surface area contributed by atoms with E-state index in [0.29, 0.717) is 11.4 Å². The minimum atomic E-state index is -1.45. The number of nitrogens with one attached hydrogen (secondary N) is 3. The van der Waals surface area contributed by atoms with Crippen LogP contribution in [0.5, 0.6) is 11.5 Å². The average Bonchev–Trinajstić information content (AvgIpc) is 2.68. The number of urea groups is 1. The molecule has 1 aromatic carbocycles. The maximum Gasteiger partial charge on any atom is 0.325 e. The van der Waals surface area contributed by atoms with E-state index in [1.165, 1.54) is 11.0 Å². The summed E-state index contributed by atoms with van der Waals surface area (Å²) in [5.41, 5.74) is 3.99. The van der Waals surface area contributed by atoms with Gasteiger partial charge in [-0.25, -0.2) is 4.79 Å². The fourth-order valence-corrected chi connectivity index (χ4v) is 2.56. The number of benzene rings is 1. The Hall–Kier alpha value is -3.83. The Labute approximate surface area is 159 Å². The van der Waals surface area contributed by atoms with Crippen molar-refractivity contribution >= 4 is 30.2 Å². The van der Waals surface area contributed by atoms with Crippen molar-refractivity contribution in [3.63, 3.8) is 0 Å². The number of likely N-dealkylation sites (N-methyl/N-ethyl adjacent to an activating group) is 1. The summed E-state index contributed by atoms with van der Waals surface area (Å²) in [6.45, 7) is 2.10. The maximum absolute atomic E-state index is 12.5. The minimum Gasteiger partial charge on any atom is -0.504 e. The van der Waals surface area contributed by atoms with Crippen molar-refractivity contribution in [2.45, 2.75) is 13.0 Å². The number of hydrogen-bond donors (Lipinski definition) is 5. The van der Waals surface area contributed by atoms with Crippen LogP contribution in [-0.2, 0) is 19.2 Å². The minimum absolute atomic E-state index is 0.0554. The normalized spacial score (nSPS) is 15.0. The van der Waals surface area contributed by atoms with Crippen LogP contribution in [0.4, 0.5) is 4.79 Å². The summed E-state index contributed by atoms with van der Waals surface area (Å²) in [5, 5.41) is 21.3. The van der Waals surface area contributed by atoms with Gasteiger partial charge in [0.25, 0.3) is 5.91 Å². The summed E-state index contributed by atoms with van der Waals surface area (Å²) >= 11 is 0. The second kappa shape index (κ2) is 8.70. The van der Waals surface area contributed by atoms with E-state index in [1.807, 2.05) is 10.9 Å². The summed E-state index contributed by atoms with van der Waals surface area (Å²) in [4.78, 5) is 61.2. The standard InChI is InChI=1S/C16H19N5O7/c1-2-20-5-6-21(15(27)14(20)26)16(28)18-12(13(25)19-17-8-22)9-3-4-10(23)11(24)7-9/h3-4,7-8,12,23-24H,2,5-6H2,1H3,(H,17,22)(H,18,28)(H,19,25). The van der Waals surface area contributed by atoms with Gasteiger partial charge in [-0.1, -0.05) is 6.07 Å². The van der Waals surface area contributed by atoms with Crippen LogP contribution in [0.3, 0.4) is 0 Å². The van der Waals surface area contributed by atoms with Crippen LogP contribution in [0.1, 0.15) is 18.5 Å². The second-order valence-corrected chi connectivity index (χ2v) is 5.72. The average molecular weight is 393 g/mol. The zero-order valence-corrected chi connectivity index (χ0v) is 14.8. The van der Waals surface area contributed by atoms with Crippen molar-refractivity contribution in [1.29, 1.82) is 0 Å². The largest absolute Gasteiger partial charge is 0.504 e. The monoisotopic (exact) mass is 393 g/mol. The van der Waals surface area contributed by atoms with E-state index in [9.17, 15) is 34.2 Å². The van der Waals surface area contributed by atoms with Gasteiger partial charge in [0.05, 0.1) is 0 Å². The van der Waals surface area contributed by atoms with Crippen LogP contribution < -0.4 is 16.2 Å². The van der Waals surface area contributed by atoms with E-state index >= 15 is 0 Å². The van der Waals surface area contributed by atoms with Gasteiger partial charge < -0.3 is 20.4 Å². The number of nitrogens with zero attached hydrogens (tertiary/aromatic N) is 2. The van der Waals surface area contributed by atoms with Gasteiger partial charge in [0.2, 0.25) is 6.41 Å². The Morgan fingerprint density at radius 1 is 1.18 bits per heavy atom. The van der Waals surface area contributed by atoms with Gasteiger partial charge in [-0.3, -0.25) is 34.9 Å². The number of carbonyl (C=O) groups is 5. The van der Waals surface area contributed by atoms with Gasteiger partial charge in [0.1, 0.15) is 6.04 Å². The van der Waals surface area contributed by atoms with Gasteiger partial charge in [0, 0.05) is 19.6 Å². The van der Waals surface area contributed by atoms with Crippen LogP contribution >= 0.6 is 0 Å². The molecule has 1 unspecified atom stereocenters. The Morgan fingerprint density at radius 2 is 1.89 bits per heavy atom. The van der Waals surface area contributed by atoms with Crippen molar-refractivity contribution in [1.82, 2.24) is 26.0 Å². The molecule has 28 heavy (non-hydrogen) atoms.